The zero-order valence-corrected chi connectivity index (χ0v) is 19.5. The SMILES string of the molecule is Cc1ccc2cc(S(=O)(=O)NC3CCC(C(N)=O)([C@H](C)c4ccc(F)cc4)CC3)ccc2n1. The van der Waals surface area contributed by atoms with Crippen LogP contribution in [-0.4, -0.2) is 25.4 Å². The van der Waals surface area contributed by atoms with E-state index in [2.05, 4.69) is 9.71 Å². The number of nitrogens with one attached hydrogen (secondary N) is 1. The minimum atomic E-state index is -3.73. The second-order valence-electron chi connectivity index (χ2n) is 9.00. The number of aromatic nitrogens is 1. The normalized spacial score (nSPS) is 22.2. The lowest BCUT2D eigenvalue weighted by Gasteiger charge is -2.42. The Morgan fingerprint density at radius 1 is 1.12 bits per heavy atom. The number of carbonyl (C=O) groups is 1. The standard InChI is InChI=1S/C25H28FN3O3S/c1-16-3-4-19-15-22(9-10-23(19)28-16)33(31,32)29-21-11-13-25(14-12-21,24(27)30)17(2)18-5-7-20(26)8-6-18/h3-10,15,17,21,29H,11-14H2,1-2H3,(H2,27,30)/t17-,21?,25?/m1/s1. The Kier molecular flexibility index (Phi) is 6.24. The van der Waals surface area contributed by atoms with Gasteiger partial charge in [-0.15, -0.1) is 0 Å². The Bertz CT molecular complexity index is 1280. The van der Waals surface area contributed by atoms with Crippen molar-refractivity contribution in [2.24, 2.45) is 11.1 Å². The van der Waals surface area contributed by atoms with Crippen LogP contribution in [0.3, 0.4) is 0 Å². The maximum absolute atomic E-state index is 13.3. The summed E-state index contributed by atoms with van der Waals surface area (Å²) in [4.78, 5) is 17.1. The molecule has 0 spiro atoms. The summed E-state index contributed by atoms with van der Waals surface area (Å²) in [6.45, 7) is 3.81. The summed E-state index contributed by atoms with van der Waals surface area (Å²) in [5, 5.41) is 0.757. The summed E-state index contributed by atoms with van der Waals surface area (Å²) in [5.41, 5.74) is 7.49. The number of amides is 1. The third-order valence-electron chi connectivity index (χ3n) is 7.00. The summed E-state index contributed by atoms with van der Waals surface area (Å²) in [5.74, 6) is -0.945. The lowest BCUT2D eigenvalue weighted by atomic mass is 9.63. The molecule has 1 saturated carbocycles. The first-order valence-electron chi connectivity index (χ1n) is 11.1. The van der Waals surface area contributed by atoms with Crippen molar-refractivity contribution in [3.63, 3.8) is 0 Å². The van der Waals surface area contributed by atoms with Gasteiger partial charge in [-0.05, 0) is 80.5 Å². The molecule has 174 valence electrons. The van der Waals surface area contributed by atoms with Crippen LogP contribution in [0, 0.1) is 18.2 Å². The van der Waals surface area contributed by atoms with Gasteiger partial charge in [0, 0.05) is 17.1 Å². The molecule has 1 aromatic heterocycles. The number of carbonyl (C=O) groups excluding carboxylic acids is 1. The van der Waals surface area contributed by atoms with E-state index in [4.69, 9.17) is 5.73 Å². The highest BCUT2D eigenvalue weighted by atomic mass is 32.2. The molecule has 1 fully saturated rings. The Hall–Kier alpha value is -2.84. The Morgan fingerprint density at radius 3 is 2.42 bits per heavy atom. The van der Waals surface area contributed by atoms with Crippen LogP contribution in [0.4, 0.5) is 4.39 Å². The van der Waals surface area contributed by atoms with Gasteiger partial charge in [0.25, 0.3) is 0 Å². The number of pyridine rings is 1. The number of nitrogens with zero attached hydrogens (tertiary/aromatic N) is 1. The van der Waals surface area contributed by atoms with Crippen molar-refractivity contribution in [3.8, 4) is 0 Å². The zero-order valence-electron chi connectivity index (χ0n) is 18.7. The van der Waals surface area contributed by atoms with Crippen molar-refractivity contribution in [3.05, 3.63) is 71.7 Å². The number of hydrogen-bond donors (Lipinski definition) is 2. The lowest BCUT2D eigenvalue weighted by molar-refractivity contribution is -0.131. The molecular weight excluding hydrogens is 441 g/mol. The first kappa shape index (κ1) is 23.3. The maximum atomic E-state index is 13.3. The molecule has 0 aliphatic heterocycles. The average Bonchev–Trinajstić information content (AvgIpc) is 2.79. The van der Waals surface area contributed by atoms with Crippen molar-refractivity contribution in [2.45, 2.75) is 56.4 Å². The zero-order chi connectivity index (χ0) is 23.8. The van der Waals surface area contributed by atoms with Crippen molar-refractivity contribution >= 4 is 26.8 Å². The molecule has 8 heteroatoms. The first-order valence-corrected chi connectivity index (χ1v) is 12.5. The highest BCUT2D eigenvalue weighted by molar-refractivity contribution is 7.89. The van der Waals surface area contributed by atoms with Gasteiger partial charge in [-0.3, -0.25) is 9.78 Å². The van der Waals surface area contributed by atoms with Gasteiger partial charge in [-0.25, -0.2) is 17.5 Å². The fourth-order valence-corrected chi connectivity index (χ4v) is 6.21. The summed E-state index contributed by atoms with van der Waals surface area (Å²) >= 11 is 0. The van der Waals surface area contributed by atoms with Gasteiger partial charge in [0.05, 0.1) is 15.8 Å². The van der Waals surface area contributed by atoms with Gasteiger partial charge in [0.15, 0.2) is 0 Å². The number of sulfonamides is 1. The molecular formula is C25H28FN3O3S. The number of aryl methyl sites for hydroxylation is 1. The van der Waals surface area contributed by atoms with E-state index in [0.29, 0.717) is 25.7 Å². The molecule has 0 radical (unpaired) electrons. The topological polar surface area (TPSA) is 102 Å². The summed E-state index contributed by atoms with van der Waals surface area (Å²) in [6.07, 6.45) is 1.88. The van der Waals surface area contributed by atoms with Gasteiger partial charge in [0.1, 0.15) is 5.82 Å². The predicted octanol–water partition coefficient (Wildman–Crippen LogP) is 4.18. The highest BCUT2D eigenvalue weighted by Gasteiger charge is 2.45. The second kappa shape index (κ2) is 8.83. The molecule has 6 nitrogen and oxygen atoms in total. The van der Waals surface area contributed by atoms with Gasteiger partial charge < -0.3 is 5.73 Å². The van der Waals surface area contributed by atoms with E-state index in [9.17, 15) is 17.6 Å². The largest absolute Gasteiger partial charge is 0.369 e. The van der Waals surface area contributed by atoms with E-state index in [1.807, 2.05) is 26.0 Å². The third kappa shape index (κ3) is 4.63. The van der Waals surface area contributed by atoms with Crippen molar-refractivity contribution in [1.29, 1.82) is 0 Å². The molecule has 33 heavy (non-hydrogen) atoms. The number of primary amides is 1. The van der Waals surface area contributed by atoms with E-state index >= 15 is 0 Å². The Morgan fingerprint density at radius 2 is 1.79 bits per heavy atom. The van der Waals surface area contributed by atoms with E-state index in [1.165, 1.54) is 12.1 Å². The number of benzene rings is 2. The minimum absolute atomic E-state index is 0.187. The van der Waals surface area contributed by atoms with E-state index in [0.717, 1.165) is 22.2 Å². The molecule has 1 aliphatic carbocycles. The van der Waals surface area contributed by atoms with Crippen LogP contribution in [0.5, 0.6) is 0 Å². The van der Waals surface area contributed by atoms with Crippen LogP contribution in [-0.2, 0) is 14.8 Å². The fourth-order valence-electron chi connectivity index (χ4n) is 4.87. The average molecular weight is 470 g/mol. The smallest absolute Gasteiger partial charge is 0.240 e. The predicted molar refractivity (Wildman–Crippen MR) is 125 cm³/mol. The van der Waals surface area contributed by atoms with Crippen LogP contribution >= 0.6 is 0 Å². The van der Waals surface area contributed by atoms with Gasteiger partial charge in [-0.2, -0.15) is 0 Å². The summed E-state index contributed by atoms with van der Waals surface area (Å²) < 4.78 is 42.2. The molecule has 1 heterocycles. The summed E-state index contributed by atoms with van der Waals surface area (Å²) in [7, 11) is -3.73. The van der Waals surface area contributed by atoms with Crippen LogP contribution in [0.15, 0.2) is 59.5 Å². The quantitative estimate of drug-likeness (QED) is 0.565. The third-order valence-corrected chi connectivity index (χ3v) is 8.52. The number of nitrogens with two attached hydrogens (primary N) is 1. The Balaban J connectivity index is 1.50. The molecule has 1 atom stereocenters. The number of rotatable bonds is 6. The van der Waals surface area contributed by atoms with Gasteiger partial charge in [-0.1, -0.05) is 25.1 Å². The number of hydrogen-bond acceptors (Lipinski definition) is 4. The molecule has 1 aliphatic rings. The maximum Gasteiger partial charge on any atom is 0.240 e. The van der Waals surface area contributed by atoms with Crippen LogP contribution in [0.25, 0.3) is 10.9 Å². The molecule has 0 saturated heterocycles. The van der Waals surface area contributed by atoms with Crippen molar-refractivity contribution in [1.82, 2.24) is 9.71 Å². The van der Waals surface area contributed by atoms with Crippen LogP contribution in [0.1, 0.15) is 49.8 Å². The van der Waals surface area contributed by atoms with E-state index in [-0.39, 0.29) is 22.7 Å². The fraction of sp³-hybridized carbons (Fsp3) is 0.360. The van der Waals surface area contributed by atoms with Crippen LogP contribution in [0.2, 0.25) is 0 Å². The molecule has 3 aromatic rings. The van der Waals surface area contributed by atoms with Gasteiger partial charge in [0.2, 0.25) is 15.9 Å². The van der Waals surface area contributed by atoms with E-state index in [1.54, 1.807) is 30.3 Å². The molecule has 3 N–H and O–H groups in total. The number of fused-ring (bicyclic) bond motifs is 1. The van der Waals surface area contributed by atoms with Crippen molar-refractivity contribution < 1.29 is 17.6 Å². The lowest BCUT2D eigenvalue weighted by Crippen LogP contribution is -2.48. The molecule has 0 bridgehead atoms. The van der Waals surface area contributed by atoms with E-state index < -0.39 is 21.3 Å². The molecule has 1 amide bonds. The Labute approximate surface area is 193 Å². The van der Waals surface area contributed by atoms with Gasteiger partial charge >= 0.3 is 0 Å². The summed E-state index contributed by atoms with van der Waals surface area (Å²) in [6, 6.07) is 14.4. The highest BCUT2D eigenvalue weighted by Crippen LogP contribution is 2.47. The minimum Gasteiger partial charge on any atom is -0.369 e. The second-order valence-corrected chi connectivity index (χ2v) is 10.7. The molecule has 0 unspecified atom stereocenters. The first-order chi connectivity index (χ1) is 15.6. The number of halogens is 1. The molecule has 4 rings (SSSR count). The molecule has 2 aromatic carbocycles. The van der Waals surface area contributed by atoms with Crippen LogP contribution < -0.4 is 10.5 Å². The van der Waals surface area contributed by atoms with Crippen molar-refractivity contribution in [2.75, 3.05) is 0 Å². The monoisotopic (exact) mass is 469 g/mol.